The van der Waals surface area contributed by atoms with Gasteiger partial charge in [-0.05, 0) is 18.2 Å². The third-order valence-electron chi connectivity index (χ3n) is 8.51. The standard InChI is InChI=1S/C31H34O19/c32-11-4-16-12-6-18(28(46-16)10-1-2-13(33)14(34)3-10)48-31-27(42)24(39)22(37)19(49-31)8-44-21(36)7-15(35)29(43)45-9-20-23(38)25(40)26(41)30(50-20)47-17(12)5-11/h1-6,15,19-20,22-28,30-35,37-42H,7-9H2/p+1. The third kappa shape index (κ3) is 6.95. The number of aromatic hydroxyl groups is 4. The van der Waals surface area contributed by atoms with E-state index in [-0.39, 0.29) is 28.4 Å². The molecule has 2 saturated heterocycles. The summed E-state index contributed by atoms with van der Waals surface area (Å²) >= 11 is 0. The van der Waals surface area contributed by atoms with Crippen LogP contribution in [0.3, 0.4) is 0 Å². The van der Waals surface area contributed by atoms with Crippen molar-refractivity contribution in [1.82, 2.24) is 0 Å². The van der Waals surface area contributed by atoms with E-state index < -0.39 is 122 Å². The number of rotatable bonds is 1. The largest absolute Gasteiger partial charge is 0.571 e. The summed E-state index contributed by atoms with van der Waals surface area (Å²) in [5.74, 6) is -4.21. The number of carbonyl (C=O) groups is 2. The number of carbonyl (C=O) groups excluding carboxylic acids is 2. The summed E-state index contributed by atoms with van der Waals surface area (Å²) in [7, 11) is 0. The molecule has 12 atom stereocenters. The minimum atomic E-state index is -2.07. The maximum Gasteiger partial charge on any atom is 0.335 e. The van der Waals surface area contributed by atoms with Crippen molar-refractivity contribution in [3.63, 3.8) is 0 Å². The molecular formula is C31H35O19+. The van der Waals surface area contributed by atoms with Gasteiger partial charge in [-0.3, -0.25) is 4.79 Å². The first-order valence-electron chi connectivity index (χ1n) is 15.3. The fourth-order valence-corrected chi connectivity index (χ4v) is 5.72. The molecule has 4 aliphatic heterocycles. The van der Waals surface area contributed by atoms with Gasteiger partial charge >= 0.3 is 11.9 Å². The number of benzene rings is 2. The predicted molar refractivity (Wildman–Crippen MR) is 158 cm³/mol. The first-order valence-corrected chi connectivity index (χ1v) is 15.3. The molecule has 0 radical (unpaired) electrons. The second-order valence-corrected chi connectivity index (χ2v) is 12.0. The molecule has 0 saturated carbocycles. The summed E-state index contributed by atoms with van der Waals surface area (Å²) in [5, 5.41) is 105. The molecule has 272 valence electrons. The number of fused-ring (bicyclic) bond motifs is 4. The minimum absolute atomic E-state index is 0.0442. The number of hydrogen-bond acceptors (Lipinski definition) is 18. The lowest BCUT2D eigenvalue weighted by atomic mass is 9.98. The van der Waals surface area contributed by atoms with Crippen LogP contribution < -0.4 is 4.74 Å². The zero-order chi connectivity index (χ0) is 36.0. The molecule has 2 aromatic rings. The van der Waals surface area contributed by atoms with Crippen molar-refractivity contribution >= 4 is 18.0 Å². The van der Waals surface area contributed by atoms with Crippen LogP contribution in [0.2, 0.25) is 0 Å². The van der Waals surface area contributed by atoms with Crippen LogP contribution >= 0.6 is 0 Å². The maximum absolute atomic E-state index is 12.4. The number of aliphatic hydroxyl groups excluding tert-OH is 7. The van der Waals surface area contributed by atoms with Crippen LogP contribution in [0.25, 0.3) is 6.08 Å². The molecular weight excluding hydrogens is 676 g/mol. The topological polar surface area (TPSA) is 305 Å². The van der Waals surface area contributed by atoms with Gasteiger partial charge in [-0.1, -0.05) is 0 Å². The lowest BCUT2D eigenvalue weighted by Crippen LogP contribution is -2.60. The summed E-state index contributed by atoms with van der Waals surface area (Å²) in [6.07, 6.45) is -20.7. The molecule has 6 bridgehead atoms. The highest BCUT2D eigenvalue weighted by atomic mass is 16.7. The Labute approximate surface area is 281 Å². The highest BCUT2D eigenvalue weighted by Gasteiger charge is 2.49. The van der Waals surface area contributed by atoms with E-state index in [1.807, 2.05) is 0 Å². The summed E-state index contributed by atoms with van der Waals surface area (Å²) in [6, 6.07) is 6.03. The number of cyclic esters (lactones) is 2. The Balaban J connectivity index is 1.43. The van der Waals surface area contributed by atoms with Crippen molar-refractivity contribution in [3.05, 3.63) is 47.2 Å². The molecule has 0 amide bonds. The number of esters is 2. The monoisotopic (exact) mass is 711 g/mol. The molecule has 19 nitrogen and oxygen atoms in total. The number of aliphatic hydroxyl groups is 8. The van der Waals surface area contributed by atoms with Gasteiger partial charge in [0.2, 0.25) is 12.6 Å². The molecule has 4 heterocycles. The number of phenols is 3. The Morgan fingerprint density at radius 3 is 1.94 bits per heavy atom. The van der Waals surface area contributed by atoms with E-state index in [9.17, 15) is 60.7 Å². The molecule has 12 unspecified atom stereocenters. The molecule has 19 heteroatoms. The van der Waals surface area contributed by atoms with Gasteiger partial charge in [-0.15, -0.1) is 0 Å². The van der Waals surface area contributed by atoms with Crippen molar-refractivity contribution in [2.24, 2.45) is 0 Å². The van der Waals surface area contributed by atoms with Gasteiger partial charge < -0.3 is 84.2 Å². The first-order chi connectivity index (χ1) is 23.7. The van der Waals surface area contributed by atoms with Crippen molar-refractivity contribution < 1.29 is 93.8 Å². The van der Waals surface area contributed by atoms with Crippen LogP contribution in [-0.4, -0.2) is 148 Å². The number of phenolic OH excluding ortho intramolecular Hbond substituents is 3. The van der Waals surface area contributed by atoms with Crippen LogP contribution in [-0.2, 0) is 33.3 Å². The Hall–Kier alpha value is -4.44. The lowest BCUT2D eigenvalue weighted by Gasteiger charge is -2.41. The van der Waals surface area contributed by atoms with Gasteiger partial charge in [-0.25, -0.2) is 4.79 Å². The maximum atomic E-state index is 12.4. The van der Waals surface area contributed by atoms with E-state index in [0.717, 1.165) is 12.1 Å². The summed E-state index contributed by atoms with van der Waals surface area (Å²) in [4.78, 5) is 24.9. The number of hydrogen-bond donors (Lipinski definition) is 10. The van der Waals surface area contributed by atoms with Crippen LogP contribution in [0.4, 0.5) is 0 Å². The highest BCUT2D eigenvalue weighted by Crippen LogP contribution is 2.47. The Morgan fingerprint density at radius 2 is 1.30 bits per heavy atom. The van der Waals surface area contributed by atoms with E-state index in [1.165, 1.54) is 24.3 Å². The molecule has 50 heavy (non-hydrogen) atoms. The van der Waals surface area contributed by atoms with Gasteiger partial charge in [-0.2, -0.15) is 0 Å². The van der Waals surface area contributed by atoms with Gasteiger partial charge in [0.25, 0.3) is 11.9 Å². The van der Waals surface area contributed by atoms with Crippen molar-refractivity contribution in [1.29, 1.82) is 0 Å². The van der Waals surface area contributed by atoms with Crippen LogP contribution in [0.1, 0.15) is 23.7 Å². The van der Waals surface area contributed by atoms with Crippen LogP contribution in [0, 0.1) is 0 Å². The number of ether oxygens (including phenoxy) is 7. The second-order valence-electron chi connectivity index (χ2n) is 12.0. The molecule has 2 aromatic carbocycles. The van der Waals surface area contributed by atoms with E-state index in [1.54, 1.807) is 0 Å². The fraction of sp³-hybridized carbons (Fsp3) is 0.484. The first kappa shape index (κ1) is 35.4. The molecule has 11 N–H and O–H groups in total. The van der Waals surface area contributed by atoms with E-state index in [2.05, 4.69) is 4.74 Å². The van der Waals surface area contributed by atoms with Crippen LogP contribution in [0.5, 0.6) is 28.7 Å². The molecule has 4 aliphatic rings. The van der Waals surface area contributed by atoms with E-state index in [4.69, 9.17) is 28.4 Å². The smallest absolute Gasteiger partial charge is 0.335 e. The third-order valence-corrected chi connectivity index (χ3v) is 8.51. The quantitative estimate of drug-likeness (QED) is 0.0801. The molecule has 2 fully saturated rings. The van der Waals surface area contributed by atoms with Gasteiger partial charge in [0.05, 0.1) is 18.1 Å². The zero-order valence-electron chi connectivity index (χ0n) is 25.7. The summed E-state index contributed by atoms with van der Waals surface area (Å²) in [5.41, 5.74) is 0.276. The van der Waals surface area contributed by atoms with Crippen LogP contribution in [0.15, 0.2) is 36.1 Å². The van der Waals surface area contributed by atoms with Gasteiger partial charge in [0, 0.05) is 12.1 Å². The molecule has 6 rings (SSSR count). The van der Waals surface area contributed by atoms with Crippen molar-refractivity contribution in [2.45, 2.75) is 80.0 Å². The second kappa shape index (κ2) is 14.1. The minimum Gasteiger partial charge on any atom is -0.571 e. The molecule has 0 spiro atoms. The van der Waals surface area contributed by atoms with Gasteiger partial charge in [0.15, 0.2) is 23.4 Å². The van der Waals surface area contributed by atoms with Crippen molar-refractivity contribution in [3.8, 4) is 28.7 Å². The van der Waals surface area contributed by atoms with Crippen molar-refractivity contribution in [2.75, 3.05) is 13.2 Å². The molecule has 0 aliphatic carbocycles. The Kier molecular flexibility index (Phi) is 9.95. The normalized spacial score (nSPS) is 36.3. The molecule has 0 aromatic heterocycles. The summed E-state index contributed by atoms with van der Waals surface area (Å²) < 4.78 is 37.7. The van der Waals surface area contributed by atoms with E-state index >= 15 is 0 Å². The highest BCUT2D eigenvalue weighted by molar-refractivity contribution is 5.81. The fourth-order valence-electron chi connectivity index (χ4n) is 5.72. The van der Waals surface area contributed by atoms with Gasteiger partial charge in [0.1, 0.15) is 79.1 Å². The average Bonchev–Trinajstić information content (AvgIpc) is 3.08. The average molecular weight is 712 g/mol. The Bertz CT molecular complexity index is 1630. The summed E-state index contributed by atoms with van der Waals surface area (Å²) in [6.45, 7) is -1.53. The SMILES string of the molecule is O=C1CC(O)C(=O)OCC2OC(Oc3cc(O)cc4c3C=C(OC3OC(CO1)C(O)C(O)C3O)C(c1ccc(O)c(O)c1)[OH+]4)C(O)C(O)C2O. The zero-order valence-corrected chi connectivity index (χ0v) is 25.7. The Morgan fingerprint density at radius 1 is 0.680 bits per heavy atom. The predicted octanol–water partition coefficient (Wildman–Crippen LogP) is -3.00. The van der Waals surface area contributed by atoms with E-state index in [0.29, 0.717) is 0 Å². The lowest BCUT2D eigenvalue weighted by molar-refractivity contribution is -0.296.